The third-order valence-electron chi connectivity index (χ3n) is 4.02. The van der Waals surface area contributed by atoms with E-state index in [4.69, 9.17) is 27.9 Å². The Hall–Kier alpha value is -1.39. The minimum absolute atomic E-state index is 0.0203. The van der Waals surface area contributed by atoms with Crippen LogP contribution < -0.4 is 4.72 Å². The lowest BCUT2D eigenvalue weighted by Gasteiger charge is -2.21. The molecule has 27 heavy (non-hydrogen) atoms. The molecule has 2 rings (SSSR count). The van der Waals surface area contributed by atoms with Gasteiger partial charge in [0.1, 0.15) is 6.04 Å². The molecule has 0 spiro atoms. The second-order valence-corrected chi connectivity index (χ2v) is 8.64. The molecule has 1 aliphatic rings. The molecular weight excluding hydrogens is 419 g/mol. The summed E-state index contributed by atoms with van der Waals surface area (Å²) in [6, 6.07) is 2.03. The molecule has 0 aromatic heterocycles. The van der Waals surface area contributed by atoms with E-state index in [0.29, 0.717) is 13.1 Å². The van der Waals surface area contributed by atoms with Crippen LogP contribution in [0.2, 0.25) is 10.0 Å². The van der Waals surface area contributed by atoms with Gasteiger partial charge in [-0.2, -0.15) is 4.72 Å². The van der Waals surface area contributed by atoms with Crippen molar-refractivity contribution >= 4 is 45.1 Å². The third kappa shape index (κ3) is 5.79. The second kappa shape index (κ2) is 9.20. The van der Waals surface area contributed by atoms with Crippen LogP contribution in [0.1, 0.15) is 19.8 Å². The number of hydrogen-bond acceptors (Lipinski definition) is 6. The van der Waals surface area contributed by atoms with Gasteiger partial charge in [0.05, 0.1) is 21.0 Å². The summed E-state index contributed by atoms with van der Waals surface area (Å²) in [5.74, 6) is -1.42. The molecule has 150 valence electrons. The molecule has 1 saturated heterocycles. The number of likely N-dealkylation sites (tertiary alicyclic amines) is 1. The first-order chi connectivity index (χ1) is 12.6. The fourth-order valence-corrected chi connectivity index (χ4v) is 4.15. The number of rotatable bonds is 7. The molecule has 1 heterocycles. The number of esters is 1. The van der Waals surface area contributed by atoms with Crippen LogP contribution in [0.4, 0.5) is 0 Å². The van der Waals surface area contributed by atoms with E-state index >= 15 is 0 Å². The molecule has 1 aromatic carbocycles. The molecule has 8 nitrogen and oxygen atoms in total. The molecule has 2 unspecified atom stereocenters. The fourth-order valence-electron chi connectivity index (χ4n) is 2.50. The normalized spacial score (nSPS) is 16.8. The number of carbonyl (C=O) groups is 2. The number of aliphatic hydroxyl groups is 1. The number of carbonyl (C=O) groups excluding carboxylic acids is 2. The molecule has 1 aliphatic heterocycles. The first-order valence-electron chi connectivity index (χ1n) is 8.21. The maximum absolute atomic E-state index is 12.5. The van der Waals surface area contributed by atoms with Gasteiger partial charge in [-0.05, 0) is 38.0 Å². The number of hydrogen-bond donors (Lipinski definition) is 2. The van der Waals surface area contributed by atoms with E-state index in [9.17, 15) is 23.1 Å². The number of sulfonamides is 1. The van der Waals surface area contributed by atoms with Gasteiger partial charge in [0.2, 0.25) is 10.0 Å². The van der Waals surface area contributed by atoms with Crippen LogP contribution in [0, 0.1) is 0 Å². The predicted molar refractivity (Wildman–Crippen MR) is 99.0 cm³/mol. The van der Waals surface area contributed by atoms with E-state index < -0.39 is 34.7 Å². The van der Waals surface area contributed by atoms with Crippen LogP contribution in [0.5, 0.6) is 0 Å². The number of halogens is 2. The molecule has 0 aliphatic carbocycles. The molecule has 1 fully saturated rings. The molecule has 0 radical (unpaired) electrons. The van der Waals surface area contributed by atoms with Crippen molar-refractivity contribution in [2.45, 2.75) is 36.8 Å². The topological polar surface area (TPSA) is 113 Å². The summed E-state index contributed by atoms with van der Waals surface area (Å²) in [6.07, 6.45) is 0.385. The van der Waals surface area contributed by atoms with Crippen LogP contribution in [-0.4, -0.2) is 62.1 Å². The summed E-state index contributed by atoms with van der Waals surface area (Å²) in [4.78, 5) is 25.5. The van der Waals surface area contributed by atoms with Crippen LogP contribution in [0.25, 0.3) is 0 Å². The van der Waals surface area contributed by atoms with E-state index in [1.54, 1.807) is 4.90 Å². The molecule has 11 heteroatoms. The average molecular weight is 439 g/mol. The molecule has 0 bridgehead atoms. The van der Waals surface area contributed by atoms with Crippen LogP contribution in [-0.2, 0) is 24.3 Å². The SMILES string of the molecule is CC(O)C(NS(=O)(=O)c1ccc(Cl)c(Cl)c1)C(=O)OCC(=O)N1CCCC1. The van der Waals surface area contributed by atoms with Crippen molar-refractivity contribution in [2.75, 3.05) is 19.7 Å². The standard InChI is InChI=1S/C16H20Cl2N2O6S/c1-10(21)15(16(23)26-9-14(22)20-6-2-3-7-20)19-27(24,25)11-4-5-12(17)13(18)8-11/h4-5,8,10,15,19,21H,2-3,6-7,9H2,1H3. The number of nitrogens with zero attached hydrogens (tertiary/aromatic N) is 1. The van der Waals surface area contributed by atoms with Crippen molar-refractivity contribution in [1.82, 2.24) is 9.62 Å². The quantitative estimate of drug-likeness (QED) is 0.618. The van der Waals surface area contributed by atoms with Gasteiger partial charge in [0.15, 0.2) is 6.61 Å². The Balaban J connectivity index is 2.05. The second-order valence-electron chi connectivity index (χ2n) is 6.11. The Morgan fingerprint density at radius 2 is 1.89 bits per heavy atom. The fraction of sp³-hybridized carbons (Fsp3) is 0.500. The Labute approximate surface area is 167 Å². The van der Waals surface area contributed by atoms with E-state index in [1.807, 2.05) is 0 Å². The van der Waals surface area contributed by atoms with Gasteiger partial charge < -0.3 is 14.7 Å². The molecular formula is C16H20Cl2N2O6S. The van der Waals surface area contributed by atoms with Crippen molar-refractivity contribution in [3.05, 3.63) is 28.2 Å². The van der Waals surface area contributed by atoms with Gasteiger partial charge >= 0.3 is 5.97 Å². The Morgan fingerprint density at radius 3 is 2.44 bits per heavy atom. The smallest absolute Gasteiger partial charge is 0.327 e. The van der Waals surface area contributed by atoms with Crippen molar-refractivity contribution in [3.8, 4) is 0 Å². The summed E-state index contributed by atoms with van der Waals surface area (Å²) in [5, 5.41) is 9.99. The highest BCUT2D eigenvalue weighted by molar-refractivity contribution is 7.89. The number of nitrogens with one attached hydrogen (secondary N) is 1. The largest absolute Gasteiger partial charge is 0.454 e. The lowest BCUT2D eigenvalue weighted by molar-refractivity contribution is -0.155. The van der Waals surface area contributed by atoms with Gasteiger partial charge in [-0.15, -0.1) is 0 Å². The zero-order valence-electron chi connectivity index (χ0n) is 14.5. The molecule has 1 amide bonds. The first kappa shape index (κ1) is 21.9. The third-order valence-corrected chi connectivity index (χ3v) is 6.19. The predicted octanol–water partition coefficient (Wildman–Crippen LogP) is 1.19. The van der Waals surface area contributed by atoms with E-state index in [2.05, 4.69) is 4.72 Å². The molecule has 0 saturated carbocycles. The summed E-state index contributed by atoms with van der Waals surface area (Å²) in [5.41, 5.74) is 0. The van der Waals surface area contributed by atoms with E-state index in [1.165, 1.54) is 19.1 Å². The molecule has 2 N–H and O–H groups in total. The van der Waals surface area contributed by atoms with Crippen LogP contribution >= 0.6 is 23.2 Å². The van der Waals surface area contributed by atoms with Gasteiger partial charge in [-0.25, -0.2) is 8.42 Å². The summed E-state index contributed by atoms with van der Waals surface area (Å²) >= 11 is 11.6. The number of benzene rings is 1. The first-order valence-corrected chi connectivity index (χ1v) is 10.5. The zero-order chi connectivity index (χ0) is 20.2. The number of aliphatic hydroxyl groups excluding tert-OH is 1. The Kier molecular flexibility index (Phi) is 7.47. The molecule has 2 atom stereocenters. The van der Waals surface area contributed by atoms with Crippen molar-refractivity contribution in [2.24, 2.45) is 0 Å². The minimum Gasteiger partial charge on any atom is -0.454 e. The number of ether oxygens (including phenoxy) is 1. The van der Waals surface area contributed by atoms with E-state index in [-0.39, 0.29) is 20.8 Å². The zero-order valence-corrected chi connectivity index (χ0v) is 16.9. The van der Waals surface area contributed by atoms with Gasteiger partial charge in [-0.1, -0.05) is 23.2 Å². The highest BCUT2D eigenvalue weighted by Crippen LogP contribution is 2.25. The average Bonchev–Trinajstić information content (AvgIpc) is 3.14. The maximum atomic E-state index is 12.5. The van der Waals surface area contributed by atoms with Crippen LogP contribution in [0.15, 0.2) is 23.1 Å². The lowest BCUT2D eigenvalue weighted by atomic mass is 10.2. The van der Waals surface area contributed by atoms with Gasteiger partial charge in [-0.3, -0.25) is 9.59 Å². The highest BCUT2D eigenvalue weighted by atomic mass is 35.5. The monoisotopic (exact) mass is 438 g/mol. The maximum Gasteiger partial charge on any atom is 0.327 e. The summed E-state index contributed by atoms with van der Waals surface area (Å²) < 4.78 is 31.9. The van der Waals surface area contributed by atoms with Gasteiger partial charge in [0, 0.05) is 13.1 Å². The number of amides is 1. The van der Waals surface area contributed by atoms with Crippen LogP contribution in [0.3, 0.4) is 0 Å². The van der Waals surface area contributed by atoms with E-state index in [0.717, 1.165) is 18.9 Å². The minimum atomic E-state index is -4.19. The highest BCUT2D eigenvalue weighted by Gasteiger charge is 2.32. The molecule has 1 aromatic rings. The Bertz CT molecular complexity index is 809. The van der Waals surface area contributed by atoms with Crippen molar-refractivity contribution in [3.63, 3.8) is 0 Å². The Morgan fingerprint density at radius 1 is 1.26 bits per heavy atom. The summed E-state index contributed by atoms with van der Waals surface area (Å²) in [6.45, 7) is 1.91. The van der Waals surface area contributed by atoms with Crippen molar-refractivity contribution < 1.29 is 27.9 Å². The lowest BCUT2D eigenvalue weighted by Crippen LogP contribution is -2.49. The van der Waals surface area contributed by atoms with Crippen molar-refractivity contribution in [1.29, 1.82) is 0 Å². The van der Waals surface area contributed by atoms with Gasteiger partial charge in [0.25, 0.3) is 5.91 Å². The summed E-state index contributed by atoms with van der Waals surface area (Å²) in [7, 11) is -4.19.